The van der Waals surface area contributed by atoms with E-state index in [-0.39, 0.29) is 10.7 Å². The predicted octanol–water partition coefficient (Wildman–Crippen LogP) is 2.93. The third kappa shape index (κ3) is 2.85. The molecule has 0 bridgehead atoms. The summed E-state index contributed by atoms with van der Waals surface area (Å²) in [4.78, 5) is 0.111. The number of aryl methyl sites for hydroxylation is 1. The molecule has 0 aliphatic rings. The van der Waals surface area contributed by atoms with E-state index < -0.39 is 10.0 Å². The van der Waals surface area contributed by atoms with E-state index in [2.05, 4.69) is 30.8 Å². The Labute approximate surface area is 118 Å². The molecule has 1 aromatic heterocycles. The molecule has 8 heteroatoms. The Bertz CT molecular complexity index is 684. The van der Waals surface area contributed by atoms with Gasteiger partial charge in [-0.2, -0.15) is 5.10 Å². The van der Waals surface area contributed by atoms with Crippen LogP contribution in [-0.2, 0) is 10.0 Å². The van der Waals surface area contributed by atoms with E-state index in [0.717, 1.165) is 5.69 Å². The summed E-state index contributed by atoms with van der Waals surface area (Å²) < 4.78 is 27.0. The topological polar surface area (TPSA) is 74.8 Å². The molecule has 2 aromatic rings. The van der Waals surface area contributed by atoms with Gasteiger partial charge in [-0.3, -0.25) is 9.82 Å². The highest BCUT2D eigenvalue weighted by atomic mass is 79.9. The van der Waals surface area contributed by atoms with E-state index in [1.807, 2.05) is 0 Å². The highest BCUT2D eigenvalue weighted by Gasteiger charge is 2.16. The van der Waals surface area contributed by atoms with Crippen molar-refractivity contribution in [2.24, 2.45) is 0 Å². The largest absolute Gasteiger partial charge is 0.281 e. The third-order valence-electron chi connectivity index (χ3n) is 2.15. The molecule has 0 saturated carbocycles. The molecule has 0 atom stereocenters. The van der Waals surface area contributed by atoms with E-state index in [4.69, 9.17) is 11.6 Å². The van der Waals surface area contributed by atoms with Gasteiger partial charge in [0.15, 0.2) is 5.82 Å². The number of benzene rings is 1. The maximum absolute atomic E-state index is 12.0. The lowest BCUT2D eigenvalue weighted by Gasteiger charge is -2.06. The maximum Gasteiger partial charge on any atom is 0.263 e. The van der Waals surface area contributed by atoms with E-state index in [1.54, 1.807) is 13.0 Å². The van der Waals surface area contributed by atoms with Gasteiger partial charge in [0.2, 0.25) is 0 Å². The third-order valence-corrected chi connectivity index (χ3v) is 4.71. The first-order valence-electron chi connectivity index (χ1n) is 4.88. The molecule has 0 unspecified atom stereocenters. The molecule has 0 radical (unpaired) electrons. The molecule has 18 heavy (non-hydrogen) atoms. The van der Waals surface area contributed by atoms with Crippen LogP contribution in [0, 0.1) is 6.92 Å². The fraction of sp³-hybridized carbons (Fsp3) is 0.100. The lowest BCUT2D eigenvalue weighted by atomic mass is 10.4. The summed E-state index contributed by atoms with van der Waals surface area (Å²) in [6.45, 7) is 1.78. The Morgan fingerprint density at radius 1 is 1.39 bits per heavy atom. The first kappa shape index (κ1) is 13.4. The van der Waals surface area contributed by atoms with Crippen LogP contribution in [0.4, 0.5) is 5.82 Å². The molecule has 1 heterocycles. The molecular formula is C10H9BrClN3O2S. The van der Waals surface area contributed by atoms with Gasteiger partial charge < -0.3 is 0 Å². The molecule has 96 valence electrons. The van der Waals surface area contributed by atoms with E-state index in [1.165, 1.54) is 18.2 Å². The number of hydrogen-bond acceptors (Lipinski definition) is 3. The van der Waals surface area contributed by atoms with Crippen molar-refractivity contribution in [2.45, 2.75) is 11.8 Å². The number of sulfonamides is 1. The smallest absolute Gasteiger partial charge is 0.263 e. The van der Waals surface area contributed by atoms with Crippen LogP contribution in [0.2, 0.25) is 5.02 Å². The van der Waals surface area contributed by atoms with Crippen molar-refractivity contribution in [1.82, 2.24) is 10.2 Å². The maximum atomic E-state index is 12.0. The monoisotopic (exact) mass is 349 g/mol. The number of halogens is 2. The van der Waals surface area contributed by atoms with Gasteiger partial charge in [-0.15, -0.1) is 0 Å². The standard InChI is InChI=1S/C10H9BrClN3O2S/c1-6-4-10(14-13-6)15-18(16,17)7-2-3-9(12)8(11)5-7/h2-5H,1H3,(H2,13,14,15). The summed E-state index contributed by atoms with van der Waals surface area (Å²) in [6.07, 6.45) is 0. The molecule has 2 N–H and O–H groups in total. The summed E-state index contributed by atoms with van der Waals surface area (Å²) in [5.41, 5.74) is 0.769. The zero-order valence-corrected chi connectivity index (χ0v) is 12.4. The van der Waals surface area contributed by atoms with Crippen LogP contribution < -0.4 is 4.72 Å². The first-order chi connectivity index (χ1) is 8.38. The second-order valence-electron chi connectivity index (χ2n) is 3.62. The van der Waals surface area contributed by atoms with Gasteiger partial charge >= 0.3 is 0 Å². The predicted molar refractivity (Wildman–Crippen MR) is 73.3 cm³/mol. The van der Waals surface area contributed by atoms with Crippen molar-refractivity contribution >= 4 is 43.4 Å². The minimum atomic E-state index is -3.66. The number of nitrogens with zero attached hydrogens (tertiary/aromatic N) is 1. The van der Waals surface area contributed by atoms with Gasteiger partial charge in [-0.25, -0.2) is 8.42 Å². The Morgan fingerprint density at radius 3 is 2.67 bits per heavy atom. The van der Waals surface area contributed by atoms with Crippen LogP contribution >= 0.6 is 27.5 Å². The van der Waals surface area contributed by atoms with E-state index in [0.29, 0.717) is 9.50 Å². The molecule has 5 nitrogen and oxygen atoms in total. The van der Waals surface area contributed by atoms with Gasteiger partial charge in [0.1, 0.15) is 0 Å². The van der Waals surface area contributed by atoms with Crippen molar-refractivity contribution < 1.29 is 8.42 Å². The second-order valence-corrected chi connectivity index (χ2v) is 6.56. The molecule has 0 aliphatic heterocycles. The van der Waals surface area contributed by atoms with Gasteiger partial charge in [-0.1, -0.05) is 11.6 Å². The molecule has 0 fully saturated rings. The normalized spacial score (nSPS) is 11.5. The van der Waals surface area contributed by atoms with Crippen molar-refractivity contribution in [1.29, 1.82) is 0 Å². The van der Waals surface area contributed by atoms with Crippen LogP contribution in [0.25, 0.3) is 0 Å². The quantitative estimate of drug-likeness (QED) is 0.893. The lowest BCUT2D eigenvalue weighted by Crippen LogP contribution is -2.13. The Morgan fingerprint density at radius 2 is 2.11 bits per heavy atom. The first-order valence-corrected chi connectivity index (χ1v) is 7.54. The van der Waals surface area contributed by atoms with Gasteiger partial charge in [0.25, 0.3) is 10.0 Å². The van der Waals surface area contributed by atoms with E-state index in [9.17, 15) is 8.42 Å². The van der Waals surface area contributed by atoms with Crippen molar-refractivity contribution in [3.63, 3.8) is 0 Å². The van der Waals surface area contributed by atoms with Crippen molar-refractivity contribution in [3.05, 3.63) is 39.5 Å². The molecule has 0 aliphatic carbocycles. The van der Waals surface area contributed by atoms with Crippen molar-refractivity contribution in [3.8, 4) is 0 Å². The number of rotatable bonds is 3. The second kappa shape index (κ2) is 4.91. The van der Waals surface area contributed by atoms with Crippen LogP contribution in [0.1, 0.15) is 5.69 Å². The van der Waals surface area contributed by atoms with Crippen LogP contribution in [0.3, 0.4) is 0 Å². The van der Waals surface area contributed by atoms with Gasteiger partial charge in [-0.05, 0) is 41.1 Å². The summed E-state index contributed by atoms with van der Waals surface area (Å²) in [5, 5.41) is 6.92. The minimum Gasteiger partial charge on any atom is -0.281 e. The molecule has 1 aromatic carbocycles. The fourth-order valence-corrected chi connectivity index (χ4v) is 2.98. The van der Waals surface area contributed by atoms with Crippen LogP contribution in [-0.4, -0.2) is 18.6 Å². The van der Waals surface area contributed by atoms with E-state index >= 15 is 0 Å². The molecule has 2 rings (SSSR count). The summed E-state index contributed by atoms with van der Waals surface area (Å²) in [6, 6.07) is 5.97. The zero-order chi connectivity index (χ0) is 13.3. The molecule has 0 spiro atoms. The summed E-state index contributed by atoms with van der Waals surface area (Å²) in [7, 11) is -3.66. The number of aromatic nitrogens is 2. The van der Waals surface area contributed by atoms with Crippen LogP contribution in [0.5, 0.6) is 0 Å². The summed E-state index contributed by atoms with van der Waals surface area (Å²) >= 11 is 9.00. The number of nitrogens with one attached hydrogen (secondary N) is 2. The Hall–Kier alpha value is -1.05. The SMILES string of the molecule is Cc1cc(NS(=O)(=O)c2ccc(Cl)c(Br)c2)n[nH]1. The Kier molecular flexibility index (Phi) is 3.65. The Balaban J connectivity index is 2.33. The molecular weight excluding hydrogens is 342 g/mol. The van der Waals surface area contributed by atoms with Crippen molar-refractivity contribution in [2.75, 3.05) is 4.72 Å². The highest BCUT2D eigenvalue weighted by Crippen LogP contribution is 2.26. The number of H-pyrrole nitrogens is 1. The van der Waals surface area contributed by atoms with Gasteiger partial charge in [0, 0.05) is 16.2 Å². The minimum absolute atomic E-state index is 0.111. The summed E-state index contributed by atoms with van der Waals surface area (Å²) in [5.74, 6) is 0.249. The zero-order valence-electron chi connectivity index (χ0n) is 9.24. The molecule has 0 amide bonds. The van der Waals surface area contributed by atoms with Crippen LogP contribution in [0.15, 0.2) is 33.6 Å². The average Bonchev–Trinajstić information content (AvgIpc) is 2.67. The average molecular weight is 351 g/mol. The number of anilines is 1. The highest BCUT2D eigenvalue weighted by molar-refractivity contribution is 9.10. The molecule has 0 saturated heterocycles. The number of aromatic amines is 1. The van der Waals surface area contributed by atoms with Gasteiger partial charge in [0.05, 0.1) is 9.92 Å². The number of hydrogen-bond donors (Lipinski definition) is 2. The fourth-order valence-electron chi connectivity index (χ4n) is 1.31. The lowest BCUT2D eigenvalue weighted by molar-refractivity contribution is 0.601.